The maximum absolute atomic E-state index is 12.5. The van der Waals surface area contributed by atoms with Gasteiger partial charge in [0.2, 0.25) is 0 Å². The summed E-state index contributed by atoms with van der Waals surface area (Å²) >= 11 is 26.6. The van der Waals surface area contributed by atoms with Crippen molar-refractivity contribution in [3.8, 4) is 24.3 Å². The fourth-order valence-electron chi connectivity index (χ4n) is 10.4. The van der Waals surface area contributed by atoms with E-state index in [9.17, 15) is 40.1 Å². The molecule has 0 bridgehead atoms. The maximum Gasteiger partial charge on any atom is 0.490 e. The highest BCUT2D eigenvalue weighted by Gasteiger charge is 2.52. The van der Waals surface area contributed by atoms with Gasteiger partial charge >= 0.3 is 31.0 Å². The molecule has 1 N–H and O–H groups in total. The SMILES string of the molecule is C1CCOC1.CC1(C)OB(C2=CCOCC2)OC1(C)C.CCOC(=O)c1sc(Br)c(C#N)c1Br.CCOC(=O)c1sc(C2=CCOCC2)c(C#N)c1Br.CCOC(=O)c1sc(C2=CCOCC2)c(C#N)c1Cc1ccc(Cl)cc1.N#Cc1c(C2=CCOCC2)sc(C(=O)O)c1Cc1ccc(Cl)cc1. The first-order valence-electron chi connectivity index (χ1n) is 32.9. The van der Waals surface area contributed by atoms with Crippen molar-refractivity contribution in [2.45, 2.75) is 111 Å². The fourth-order valence-corrected chi connectivity index (χ4v) is 17.6. The van der Waals surface area contributed by atoms with E-state index in [4.69, 9.17) is 75.7 Å². The average Bonchev–Trinajstić information content (AvgIpc) is 1.62. The summed E-state index contributed by atoms with van der Waals surface area (Å²) in [6.07, 6.45) is 14.5. The van der Waals surface area contributed by atoms with Gasteiger partial charge in [0.05, 0.1) is 119 Å². The second kappa shape index (κ2) is 41.7. The Labute approximate surface area is 652 Å². The Hall–Kier alpha value is -6.16. The number of carboxylic acids is 1. The minimum atomic E-state index is -1.00. The van der Waals surface area contributed by atoms with Crippen molar-refractivity contribution < 1.29 is 71.5 Å². The summed E-state index contributed by atoms with van der Waals surface area (Å²) in [6.45, 7) is 21.4. The van der Waals surface area contributed by atoms with Gasteiger partial charge in [0.1, 0.15) is 43.8 Å². The molecule has 29 heteroatoms. The molecule has 19 nitrogen and oxygen atoms in total. The van der Waals surface area contributed by atoms with E-state index in [1.165, 1.54) is 63.7 Å². The first kappa shape index (κ1) is 84.1. The Morgan fingerprint density at radius 3 is 1.20 bits per heavy atom. The summed E-state index contributed by atoms with van der Waals surface area (Å²) in [4.78, 5) is 51.4. The number of esters is 3. The van der Waals surface area contributed by atoms with Crippen LogP contribution in [0.2, 0.25) is 10.0 Å². The number of aromatic carboxylic acids is 1. The standard InChI is InChI=1S/C20H18ClNO3S.C18H14ClNO3S.C13H12BrNO3S.C11H19BO3.C8H5Br2NO2S.C4H8O/c1-2-25-20(23)19-16(11-13-3-5-15(21)6-4-13)17(12-22)18(26-19)14-7-9-24-10-8-14;19-13-3-1-11(2-4-13)9-14-15(10-20)16(24-17(14)18(21)22)12-5-7-23-8-6-12;1-2-18-13(16)12-10(14)9(7-15)11(19-12)8-3-5-17-6-4-8;1-10(2)11(3,4)15-12(14-10)9-5-7-13-8-6-9;1-2-13-8(12)6-5(9)4(3-11)7(10)14-6;1-2-4-5-3-1/h3-7H,2,8-11H2,1H3;1-5H,6-9H2,(H,21,22);3H,2,4-6H2,1H3;5H,6-8H2,1-4H3;2H2,1H3;1-4H2. The number of benzene rings is 2. The van der Waals surface area contributed by atoms with Crippen LogP contribution in [0.3, 0.4) is 0 Å². The summed E-state index contributed by atoms with van der Waals surface area (Å²) < 4.78 is 54.8. The van der Waals surface area contributed by atoms with Crippen LogP contribution in [0.1, 0.15) is 185 Å². The number of halogens is 5. The lowest BCUT2D eigenvalue weighted by atomic mass is 9.75. The van der Waals surface area contributed by atoms with E-state index in [1.807, 2.05) is 48.6 Å². The van der Waals surface area contributed by atoms with Gasteiger partial charge in [0.25, 0.3) is 0 Å². The molecule has 103 heavy (non-hydrogen) atoms. The third-order valence-electron chi connectivity index (χ3n) is 16.4. The molecule has 0 amide bonds. The molecule has 2 fully saturated rings. The van der Waals surface area contributed by atoms with Crippen LogP contribution in [0.25, 0.3) is 16.7 Å². The van der Waals surface area contributed by atoms with E-state index >= 15 is 0 Å². The smallest absolute Gasteiger partial charge is 0.477 e. The van der Waals surface area contributed by atoms with E-state index in [0.717, 1.165) is 87.1 Å². The van der Waals surface area contributed by atoms with Gasteiger partial charge in [-0.1, -0.05) is 71.8 Å². The largest absolute Gasteiger partial charge is 0.490 e. The molecule has 0 unspecified atom stereocenters. The number of hydrogen-bond donors (Lipinski definition) is 1. The Bertz CT molecular complexity index is 4260. The van der Waals surface area contributed by atoms with Crippen LogP contribution in [0.15, 0.2) is 91.0 Å². The van der Waals surface area contributed by atoms with Crippen LogP contribution < -0.4 is 0 Å². The second-order valence-electron chi connectivity index (χ2n) is 23.8. The molecule has 6 aliphatic rings. The summed E-state index contributed by atoms with van der Waals surface area (Å²) in [5.74, 6) is -2.18. The summed E-state index contributed by atoms with van der Waals surface area (Å²) in [5.41, 5.74) is 9.00. The molecule has 0 spiro atoms. The lowest BCUT2D eigenvalue weighted by Gasteiger charge is -2.32. The van der Waals surface area contributed by atoms with Crippen molar-refractivity contribution in [3.63, 3.8) is 0 Å². The number of carboxylic acid groups (broad SMARTS) is 1. The van der Waals surface area contributed by atoms with Crippen LogP contribution in [-0.4, -0.2) is 133 Å². The van der Waals surface area contributed by atoms with E-state index in [1.54, 1.807) is 45.0 Å². The molecule has 0 saturated carbocycles. The molecule has 2 aromatic carbocycles. The molecule has 6 aliphatic heterocycles. The Kier molecular flexibility index (Phi) is 34.0. The zero-order valence-corrected chi connectivity index (χ0v) is 67.4. The molecule has 0 aliphatic carbocycles. The van der Waals surface area contributed by atoms with Crippen LogP contribution >= 0.6 is 116 Å². The van der Waals surface area contributed by atoms with Gasteiger partial charge < -0.3 is 52.3 Å². The number of ether oxygens (including phenoxy) is 8. The van der Waals surface area contributed by atoms with Crippen molar-refractivity contribution >= 4 is 164 Å². The van der Waals surface area contributed by atoms with Crippen LogP contribution in [-0.2, 0) is 60.0 Å². The molecule has 10 heterocycles. The molecule has 0 atom stereocenters. The molecular weight excluding hydrogens is 1630 g/mol. The predicted octanol–water partition coefficient (Wildman–Crippen LogP) is 18.7. The normalized spacial score (nSPS) is 16.2. The van der Waals surface area contributed by atoms with Crippen molar-refractivity contribution in [1.29, 1.82) is 21.0 Å². The van der Waals surface area contributed by atoms with Gasteiger partial charge in [0, 0.05) is 61.9 Å². The number of nitrogens with zero attached hydrogens (tertiary/aromatic N) is 4. The molecule has 2 saturated heterocycles. The van der Waals surface area contributed by atoms with E-state index in [-0.39, 0.29) is 29.2 Å². The van der Waals surface area contributed by atoms with E-state index in [2.05, 4.69) is 99.8 Å². The second-order valence-corrected chi connectivity index (χ2v) is 31.6. The van der Waals surface area contributed by atoms with Gasteiger partial charge in [-0.15, -0.1) is 45.3 Å². The molecule has 6 aromatic rings. The lowest BCUT2D eigenvalue weighted by Crippen LogP contribution is -2.41. The zero-order chi connectivity index (χ0) is 74.8. The van der Waals surface area contributed by atoms with Crippen molar-refractivity contribution in [2.24, 2.45) is 0 Å². The van der Waals surface area contributed by atoms with Crippen LogP contribution in [0.4, 0.5) is 0 Å². The predicted molar refractivity (Wildman–Crippen MR) is 412 cm³/mol. The number of carbonyl (C=O) groups excluding carboxylic acids is 3. The number of rotatable bonds is 15. The van der Waals surface area contributed by atoms with Gasteiger partial charge in [-0.3, -0.25) is 0 Å². The summed E-state index contributed by atoms with van der Waals surface area (Å²) in [7, 11) is -0.182. The minimum absolute atomic E-state index is 0.182. The molecular formula is C74H76BBr3Cl2N4O15S4. The average molecular weight is 1710 g/mol. The number of hydrogen-bond acceptors (Lipinski definition) is 22. The molecule has 12 rings (SSSR count). The van der Waals surface area contributed by atoms with Gasteiger partial charge in [0.15, 0.2) is 0 Å². The number of carbonyl (C=O) groups is 4. The first-order chi connectivity index (χ1) is 49.5. The van der Waals surface area contributed by atoms with E-state index in [0.29, 0.717) is 151 Å². The van der Waals surface area contributed by atoms with Crippen molar-refractivity contribution in [1.82, 2.24) is 0 Å². The third-order valence-corrected chi connectivity index (χ3v) is 24.7. The highest BCUT2D eigenvalue weighted by Crippen LogP contribution is 2.43. The zero-order valence-electron chi connectivity index (χ0n) is 57.8. The third kappa shape index (κ3) is 23.2. The van der Waals surface area contributed by atoms with Gasteiger partial charge in [-0.2, -0.15) is 21.0 Å². The summed E-state index contributed by atoms with van der Waals surface area (Å²) in [6, 6.07) is 23.3. The maximum atomic E-state index is 12.5. The van der Waals surface area contributed by atoms with Crippen molar-refractivity contribution in [3.05, 3.63) is 180 Å². The minimum Gasteiger partial charge on any atom is -0.477 e. The monoisotopic (exact) mass is 1710 g/mol. The Morgan fingerprint density at radius 1 is 0.495 bits per heavy atom. The highest BCUT2D eigenvalue weighted by atomic mass is 79.9. The lowest BCUT2D eigenvalue weighted by molar-refractivity contribution is 0.00578. The first-order valence-corrected chi connectivity index (χ1v) is 39.3. The molecule has 0 radical (unpaired) electrons. The number of thiophene rings is 4. The Balaban J connectivity index is 0.000000180. The Morgan fingerprint density at radius 2 is 0.854 bits per heavy atom. The topological polar surface area (TPSA) is 276 Å². The van der Waals surface area contributed by atoms with Crippen LogP contribution in [0.5, 0.6) is 0 Å². The van der Waals surface area contributed by atoms with Gasteiger partial charge in [-0.25, -0.2) is 19.2 Å². The fraction of sp³-hybridized carbons (Fsp3) is 0.405. The van der Waals surface area contributed by atoms with Gasteiger partial charge in [-0.05, 0) is 192 Å². The molecule has 544 valence electrons. The highest BCUT2D eigenvalue weighted by molar-refractivity contribution is 9.11. The number of nitriles is 4. The quantitative estimate of drug-likeness (QED) is 0.0568. The van der Waals surface area contributed by atoms with E-state index < -0.39 is 17.9 Å². The van der Waals surface area contributed by atoms with Crippen LogP contribution in [0, 0.1) is 45.3 Å². The van der Waals surface area contributed by atoms with Crippen molar-refractivity contribution in [2.75, 3.05) is 85.9 Å². The summed E-state index contributed by atoms with van der Waals surface area (Å²) in [5, 5.41) is 48.3. The molecule has 4 aromatic heterocycles.